The molecule has 0 aliphatic rings. The fourth-order valence-corrected chi connectivity index (χ4v) is 1.64. The molecule has 5 heteroatoms. The van der Waals surface area contributed by atoms with Crippen molar-refractivity contribution in [2.24, 2.45) is 0 Å². The summed E-state index contributed by atoms with van der Waals surface area (Å²) in [5.74, 6) is 0.987. The van der Waals surface area contributed by atoms with Crippen LogP contribution in [0.25, 0.3) is 11.5 Å². The highest BCUT2D eigenvalue weighted by Gasteiger charge is 2.13. The van der Waals surface area contributed by atoms with Gasteiger partial charge in [0.25, 0.3) is 0 Å². The number of rotatable bonds is 4. The number of aromatic nitrogens is 2. The lowest BCUT2D eigenvalue weighted by Crippen LogP contribution is -2.17. The zero-order valence-electron chi connectivity index (χ0n) is 10.3. The maximum absolute atomic E-state index is 8.85. The van der Waals surface area contributed by atoms with Crippen LogP contribution in [0.3, 0.4) is 0 Å². The Morgan fingerprint density at radius 2 is 2.28 bits per heavy atom. The zero-order valence-corrected chi connectivity index (χ0v) is 10.3. The van der Waals surface area contributed by atoms with Crippen molar-refractivity contribution in [2.45, 2.75) is 19.9 Å². The van der Waals surface area contributed by atoms with E-state index in [0.29, 0.717) is 17.3 Å². The summed E-state index contributed by atoms with van der Waals surface area (Å²) in [5, 5.41) is 20.0. The van der Waals surface area contributed by atoms with Gasteiger partial charge < -0.3 is 9.73 Å². The third kappa shape index (κ3) is 2.55. The van der Waals surface area contributed by atoms with Crippen LogP contribution in [0.1, 0.15) is 31.3 Å². The van der Waals surface area contributed by atoms with Gasteiger partial charge in [-0.15, -0.1) is 10.2 Å². The minimum atomic E-state index is 0.0235. The summed E-state index contributed by atoms with van der Waals surface area (Å²) in [6, 6.07) is 9.22. The van der Waals surface area contributed by atoms with Crippen LogP contribution in [0.15, 0.2) is 28.7 Å². The van der Waals surface area contributed by atoms with E-state index in [0.717, 1.165) is 12.1 Å². The SMILES string of the molecule is CCNC(C)c1nnc(-c2cccc(C#N)c2)o1. The molecule has 0 amide bonds. The molecule has 5 nitrogen and oxygen atoms in total. The van der Waals surface area contributed by atoms with Gasteiger partial charge in [-0.3, -0.25) is 0 Å². The van der Waals surface area contributed by atoms with Crippen molar-refractivity contribution in [1.82, 2.24) is 15.5 Å². The number of benzene rings is 1. The summed E-state index contributed by atoms with van der Waals surface area (Å²) < 4.78 is 5.59. The van der Waals surface area contributed by atoms with Crippen LogP contribution in [0.5, 0.6) is 0 Å². The molecular weight excluding hydrogens is 228 g/mol. The van der Waals surface area contributed by atoms with Crippen LogP contribution >= 0.6 is 0 Å². The van der Waals surface area contributed by atoms with E-state index >= 15 is 0 Å². The largest absolute Gasteiger partial charge is 0.419 e. The molecule has 0 fully saturated rings. The Labute approximate surface area is 105 Å². The lowest BCUT2D eigenvalue weighted by molar-refractivity contribution is 0.429. The van der Waals surface area contributed by atoms with E-state index in [1.807, 2.05) is 19.9 Å². The average molecular weight is 242 g/mol. The van der Waals surface area contributed by atoms with Crippen molar-refractivity contribution in [3.63, 3.8) is 0 Å². The first-order valence-corrected chi connectivity index (χ1v) is 5.82. The van der Waals surface area contributed by atoms with Crippen molar-refractivity contribution in [3.8, 4) is 17.5 Å². The second kappa shape index (κ2) is 5.43. The fourth-order valence-electron chi connectivity index (χ4n) is 1.64. The number of nitrogens with zero attached hydrogens (tertiary/aromatic N) is 3. The zero-order chi connectivity index (χ0) is 13.0. The highest BCUT2D eigenvalue weighted by atomic mass is 16.4. The molecule has 1 N–H and O–H groups in total. The Kier molecular flexibility index (Phi) is 3.70. The van der Waals surface area contributed by atoms with Crippen LogP contribution in [0.4, 0.5) is 0 Å². The highest BCUT2D eigenvalue weighted by molar-refractivity contribution is 5.55. The van der Waals surface area contributed by atoms with Crippen LogP contribution in [-0.2, 0) is 0 Å². The lowest BCUT2D eigenvalue weighted by Gasteiger charge is -2.05. The van der Waals surface area contributed by atoms with Gasteiger partial charge in [0.05, 0.1) is 17.7 Å². The van der Waals surface area contributed by atoms with Gasteiger partial charge >= 0.3 is 0 Å². The van der Waals surface area contributed by atoms with Crippen LogP contribution < -0.4 is 5.32 Å². The molecule has 0 saturated heterocycles. The third-order valence-electron chi connectivity index (χ3n) is 2.56. The molecule has 2 aromatic rings. The summed E-state index contributed by atoms with van der Waals surface area (Å²) in [6.45, 7) is 4.82. The first kappa shape index (κ1) is 12.3. The predicted molar refractivity (Wildman–Crippen MR) is 66.5 cm³/mol. The molecule has 1 aromatic carbocycles. The molecule has 18 heavy (non-hydrogen) atoms. The standard InChI is InChI=1S/C13H14N4O/c1-3-15-9(2)12-16-17-13(18-12)11-6-4-5-10(7-11)8-14/h4-7,9,15H,3H2,1-2H3. The van der Waals surface area contributed by atoms with Gasteiger partial charge in [-0.05, 0) is 31.7 Å². The van der Waals surface area contributed by atoms with Gasteiger partial charge in [-0.25, -0.2) is 0 Å². The van der Waals surface area contributed by atoms with E-state index in [2.05, 4.69) is 21.6 Å². The van der Waals surface area contributed by atoms with E-state index in [1.165, 1.54) is 0 Å². The molecule has 0 aliphatic heterocycles. The smallest absolute Gasteiger partial charge is 0.247 e. The summed E-state index contributed by atoms with van der Waals surface area (Å²) in [6.07, 6.45) is 0. The normalized spacial score (nSPS) is 12.1. The van der Waals surface area contributed by atoms with E-state index in [1.54, 1.807) is 18.2 Å². The number of hydrogen-bond donors (Lipinski definition) is 1. The maximum atomic E-state index is 8.85. The molecule has 2 rings (SSSR count). The van der Waals surface area contributed by atoms with Crippen LogP contribution in [0.2, 0.25) is 0 Å². The first-order valence-electron chi connectivity index (χ1n) is 5.82. The molecule has 0 bridgehead atoms. The van der Waals surface area contributed by atoms with Crippen molar-refractivity contribution >= 4 is 0 Å². The van der Waals surface area contributed by atoms with E-state index in [9.17, 15) is 0 Å². The molecule has 1 aromatic heterocycles. The van der Waals surface area contributed by atoms with E-state index < -0.39 is 0 Å². The molecule has 1 heterocycles. The molecule has 92 valence electrons. The van der Waals surface area contributed by atoms with Crippen LogP contribution in [0, 0.1) is 11.3 Å². The molecule has 0 radical (unpaired) electrons. The molecule has 0 saturated carbocycles. The van der Waals surface area contributed by atoms with Crippen LogP contribution in [-0.4, -0.2) is 16.7 Å². The number of nitriles is 1. The first-order chi connectivity index (χ1) is 8.74. The number of nitrogens with one attached hydrogen (secondary N) is 1. The Morgan fingerprint density at radius 1 is 1.44 bits per heavy atom. The summed E-state index contributed by atoms with van der Waals surface area (Å²) in [7, 11) is 0. The van der Waals surface area contributed by atoms with Crippen molar-refractivity contribution in [1.29, 1.82) is 5.26 Å². The highest BCUT2D eigenvalue weighted by Crippen LogP contribution is 2.21. The predicted octanol–water partition coefficient (Wildman–Crippen LogP) is 2.28. The Bertz CT molecular complexity index is 570. The molecule has 1 unspecified atom stereocenters. The topological polar surface area (TPSA) is 74.7 Å². The minimum absolute atomic E-state index is 0.0235. The Hall–Kier alpha value is -2.19. The van der Waals surface area contributed by atoms with Gasteiger partial charge in [0.1, 0.15) is 0 Å². The third-order valence-corrected chi connectivity index (χ3v) is 2.56. The van der Waals surface area contributed by atoms with Crippen molar-refractivity contribution in [3.05, 3.63) is 35.7 Å². The monoisotopic (exact) mass is 242 g/mol. The average Bonchev–Trinajstić information content (AvgIpc) is 2.89. The number of hydrogen-bond acceptors (Lipinski definition) is 5. The summed E-state index contributed by atoms with van der Waals surface area (Å²) >= 11 is 0. The van der Waals surface area contributed by atoms with E-state index in [4.69, 9.17) is 9.68 Å². The minimum Gasteiger partial charge on any atom is -0.419 e. The Balaban J connectivity index is 2.26. The van der Waals surface area contributed by atoms with Gasteiger partial charge in [0, 0.05) is 5.56 Å². The van der Waals surface area contributed by atoms with E-state index in [-0.39, 0.29) is 6.04 Å². The van der Waals surface area contributed by atoms with Gasteiger partial charge in [-0.1, -0.05) is 13.0 Å². The fraction of sp³-hybridized carbons (Fsp3) is 0.308. The van der Waals surface area contributed by atoms with Gasteiger partial charge in [-0.2, -0.15) is 5.26 Å². The van der Waals surface area contributed by atoms with Gasteiger partial charge in [0.15, 0.2) is 0 Å². The Morgan fingerprint density at radius 3 is 3.00 bits per heavy atom. The molecule has 1 atom stereocenters. The molecular formula is C13H14N4O. The van der Waals surface area contributed by atoms with Crippen molar-refractivity contribution < 1.29 is 4.42 Å². The maximum Gasteiger partial charge on any atom is 0.247 e. The van der Waals surface area contributed by atoms with Gasteiger partial charge in [0.2, 0.25) is 11.8 Å². The second-order valence-corrected chi connectivity index (χ2v) is 3.92. The lowest BCUT2D eigenvalue weighted by atomic mass is 10.1. The summed E-state index contributed by atoms with van der Waals surface area (Å²) in [5.41, 5.74) is 1.34. The van der Waals surface area contributed by atoms with Crippen molar-refractivity contribution in [2.75, 3.05) is 6.54 Å². The quantitative estimate of drug-likeness (QED) is 0.890. The summed E-state index contributed by atoms with van der Waals surface area (Å²) in [4.78, 5) is 0. The second-order valence-electron chi connectivity index (χ2n) is 3.92. The molecule has 0 aliphatic carbocycles. The molecule has 0 spiro atoms.